The first-order valence-corrected chi connectivity index (χ1v) is 6.72. The molecule has 0 unspecified atom stereocenters. The number of anilines is 1. The third kappa shape index (κ3) is 3.84. The van der Waals surface area contributed by atoms with E-state index in [0.29, 0.717) is 0 Å². The number of hydrogen-bond acceptors (Lipinski definition) is 2. The first-order chi connectivity index (χ1) is 10.3. The molecule has 0 atom stereocenters. The van der Waals surface area contributed by atoms with E-state index < -0.39 is 17.6 Å². The molecule has 0 spiro atoms. The molecule has 2 N–H and O–H groups in total. The third-order valence-electron chi connectivity index (χ3n) is 2.72. The van der Waals surface area contributed by atoms with Crippen LogP contribution in [0, 0.1) is 0 Å². The first-order valence-electron chi connectivity index (χ1n) is 5.96. The normalized spacial score (nSPS) is 11.1. The highest BCUT2D eigenvalue weighted by Gasteiger charge is 2.29. The maximum absolute atomic E-state index is 12.4. The molecule has 0 heterocycles. The van der Waals surface area contributed by atoms with Crippen LogP contribution in [0.2, 0.25) is 10.0 Å². The molecule has 2 rings (SSSR count). The molecule has 0 saturated carbocycles. The Morgan fingerprint density at radius 3 is 2.00 bits per heavy atom. The van der Waals surface area contributed by atoms with E-state index in [0.717, 1.165) is 12.1 Å². The van der Waals surface area contributed by atoms with Crippen molar-refractivity contribution in [1.82, 2.24) is 5.43 Å². The van der Waals surface area contributed by atoms with Gasteiger partial charge in [-0.05, 0) is 36.4 Å². The quantitative estimate of drug-likeness (QED) is 0.784. The molecule has 3 nitrogen and oxygen atoms in total. The molecule has 0 saturated heterocycles. The fourth-order valence-corrected chi connectivity index (χ4v) is 2.22. The van der Waals surface area contributed by atoms with E-state index >= 15 is 0 Å². The van der Waals surface area contributed by atoms with Crippen LogP contribution in [-0.4, -0.2) is 5.91 Å². The summed E-state index contributed by atoms with van der Waals surface area (Å²) in [7, 11) is 0. The Morgan fingerprint density at radius 1 is 0.955 bits per heavy atom. The molecule has 0 bridgehead atoms. The van der Waals surface area contributed by atoms with Crippen molar-refractivity contribution in [2.24, 2.45) is 0 Å². The lowest BCUT2D eigenvalue weighted by atomic mass is 10.2. The number of halogens is 5. The van der Waals surface area contributed by atoms with Gasteiger partial charge < -0.3 is 0 Å². The van der Waals surface area contributed by atoms with Crippen molar-refractivity contribution in [3.63, 3.8) is 0 Å². The Hall–Kier alpha value is -1.92. The SMILES string of the molecule is O=C(NNc1ccc(C(F)(F)F)cc1)c1c(Cl)cccc1Cl. The Labute approximate surface area is 134 Å². The lowest BCUT2D eigenvalue weighted by Crippen LogP contribution is -2.29. The molecule has 8 heteroatoms. The fourth-order valence-electron chi connectivity index (χ4n) is 1.65. The number of hydrazine groups is 1. The van der Waals surface area contributed by atoms with Gasteiger partial charge in [0, 0.05) is 0 Å². The van der Waals surface area contributed by atoms with E-state index in [-0.39, 0.29) is 21.3 Å². The zero-order valence-corrected chi connectivity index (χ0v) is 12.4. The molecule has 22 heavy (non-hydrogen) atoms. The number of rotatable bonds is 3. The Kier molecular flexibility index (Phi) is 4.83. The third-order valence-corrected chi connectivity index (χ3v) is 3.35. The van der Waals surface area contributed by atoms with Crippen molar-refractivity contribution in [2.75, 3.05) is 5.43 Å². The molecular formula is C14H9Cl2F3N2O. The second-order valence-electron chi connectivity index (χ2n) is 4.25. The summed E-state index contributed by atoms with van der Waals surface area (Å²) >= 11 is 11.8. The number of hydrogen-bond donors (Lipinski definition) is 2. The molecule has 0 fully saturated rings. The number of nitrogens with one attached hydrogen (secondary N) is 2. The number of carbonyl (C=O) groups is 1. The smallest absolute Gasteiger partial charge is 0.298 e. The van der Waals surface area contributed by atoms with E-state index in [1.165, 1.54) is 24.3 Å². The van der Waals surface area contributed by atoms with Crippen LogP contribution in [-0.2, 0) is 6.18 Å². The van der Waals surface area contributed by atoms with Gasteiger partial charge in [0.15, 0.2) is 0 Å². The van der Waals surface area contributed by atoms with E-state index in [9.17, 15) is 18.0 Å². The van der Waals surface area contributed by atoms with Crippen LogP contribution in [0.25, 0.3) is 0 Å². The standard InChI is InChI=1S/C14H9Cl2F3N2O/c15-10-2-1-3-11(16)12(10)13(22)21-20-9-6-4-8(5-7-9)14(17,18)19/h1-7,20H,(H,21,22). The van der Waals surface area contributed by atoms with Gasteiger partial charge in [0.1, 0.15) is 0 Å². The zero-order chi connectivity index (χ0) is 16.3. The van der Waals surface area contributed by atoms with Gasteiger partial charge in [0.25, 0.3) is 5.91 Å². The molecule has 0 aliphatic heterocycles. The summed E-state index contributed by atoms with van der Waals surface area (Å²) in [5, 5.41) is 0.332. The molecule has 2 aromatic rings. The maximum Gasteiger partial charge on any atom is 0.416 e. The largest absolute Gasteiger partial charge is 0.416 e. The van der Waals surface area contributed by atoms with Gasteiger partial charge >= 0.3 is 6.18 Å². The highest BCUT2D eigenvalue weighted by atomic mass is 35.5. The summed E-state index contributed by atoms with van der Waals surface area (Å²) in [5.74, 6) is -0.601. The van der Waals surface area contributed by atoms with Crippen LogP contribution >= 0.6 is 23.2 Å². The lowest BCUT2D eigenvalue weighted by Gasteiger charge is -2.12. The van der Waals surface area contributed by atoms with E-state index in [4.69, 9.17) is 23.2 Å². The molecule has 0 aliphatic carbocycles. The van der Waals surface area contributed by atoms with Crippen molar-refractivity contribution < 1.29 is 18.0 Å². The molecule has 0 aliphatic rings. The van der Waals surface area contributed by atoms with Crippen molar-refractivity contribution >= 4 is 34.8 Å². The average molecular weight is 349 g/mol. The second-order valence-corrected chi connectivity index (χ2v) is 5.07. The van der Waals surface area contributed by atoms with E-state index in [2.05, 4.69) is 10.9 Å². The van der Waals surface area contributed by atoms with Gasteiger partial charge in [-0.3, -0.25) is 15.6 Å². The fraction of sp³-hybridized carbons (Fsp3) is 0.0714. The minimum absolute atomic E-state index is 0.0743. The number of benzene rings is 2. The van der Waals surface area contributed by atoms with E-state index in [1.54, 1.807) is 6.07 Å². The number of carbonyl (C=O) groups excluding carboxylic acids is 1. The van der Waals surface area contributed by atoms with Crippen LogP contribution in [0.5, 0.6) is 0 Å². The molecule has 0 radical (unpaired) electrons. The molecular weight excluding hydrogens is 340 g/mol. The molecule has 116 valence electrons. The van der Waals surface area contributed by atoms with Gasteiger partial charge in [-0.15, -0.1) is 0 Å². The average Bonchev–Trinajstić information content (AvgIpc) is 2.44. The van der Waals surface area contributed by atoms with Crippen LogP contribution in [0.3, 0.4) is 0 Å². The number of alkyl halides is 3. The minimum Gasteiger partial charge on any atom is -0.298 e. The zero-order valence-electron chi connectivity index (χ0n) is 10.8. The number of amides is 1. The Morgan fingerprint density at radius 2 is 1.50 bits per heavy atom. The topological polar surface area (TPSA) is 41.1 Å². The summed E-state index contributed by atoms with van der Waals surface area (Å²) in [5.41, 5.74) is 4.38. The summed E-state index contributed by atoms with van der Waals surface area (Å²) in [6.45, 7) is 0. The van der Waals surface area contributed by atoms with Gasteiger partial charge in [0.05, 0.1) is 26.9 Å². The van der Waals surface area contributed by atoms with Crippen molar-refractivity contribution in [3.8, 4) is 0 Å². The van der Waals surface area contributed by atoms with Crippen LogP contribution < -0.4 is 10.9 Å². The predicted molar refractivity (Wildman–Crippen MR) is 79.0 cm³/mol. The summed E-state index contributed by atoms with van der Waals surface area (Å²) in [4.78, 5) is 12.0. The van der Waals surface area contributed by atoms with E-state index in [1.807, 2.05) is 0 Å². The van der Waals surface area contributed by atoms with Crippen LogP contribution in [0.4, 0.5) is 18.9 Å². The highest BCUT2D eigenvalue weighted by molar-refractivity contribution is 6.39. The Balaban J connectivity index is 2.06. The highest BCUT2D eigenvalue weighted by Crippen LogP contribution is 2.29. The van der Waals surface area contributed by atoms with Gasteiger partial charge in [-0.2, -0.15) is 13.2 Å². The second kappa shape index (κ2) is 6.46. The van der Waals surface area contributed by atoms with Crippen molar-refractivity contribution in [1.29, 1.82) is 0 Å². The molecule has 0 aromatic heterocycles. The van der Waals surface area contributed by atoms with Crippen LogP contribution in [0.15, 0.2) is 42.5 Å². The lowest BCUT2D eigenvalue weighted by molar-refractivity contribution is -0.137. The van der Waals surface area contributed by atoms with Gasteiger partial charge in [-0.25, -0.2) is 0 Å². The summed E-state index contributed by atoms with van der Waals surface area (Å²) in [6, 6.07) is 8.77. The first kappa shape index (κ1) is 16.5. The molecule has 2 aromatic carbocycles. The monoisotopic (exact) mass is 348 g/mol. The van der Waals surface area contributed by atoms with Crippen molar-refractivity contribution in [2.45, 2.75) is 6.18 Å². The summed E-state index contributed by atoms with van der Waals surface area (Å²) in [6.07, 6.45) is -4.41. The Bertz CT molecular complexity index is 667. The van der Waals surface area contributed by atoms with Crippen LogP contribution in [0.1, 0.15) is 15.9 Å². The predicted octanol–water partition coefficient (Wildman–Crippen LogP) is 4.77. The maximum atomic E-state index is 12.4. The van der Waals surface area contributed by atoms with Gasteiger partial charge in [0.2, 0.25) is 0 Å². The van der Waals surface area contributed by atoms with Gasteiger partial charge in [-0.1, -0.05) is 29.3 Å². The van der Waals surface area contributed by atoms with Crippen molar-refractivity contribution in [3.05, 3.63) is 63.6 Å². The molecule has 1 amide bonds. The summed E-state index contributed by atoms with van der Waals surface area (Å²) < 4.78 is 37.3. The minimum atomic E-state index is -4.41.